The minimum absolute atomic E-state index is 0.337. The van der Waals surface area contributed by atoms with Gasteiger partial charge >= 0.3 is 0 Å². The molecule has 1 aromatic rings. The molecule has 0 saturated carbocycles. The van der Waals surface area contributed by atoms with Gasteiger partial charge in [0, 0.05) is 12.6 Å². The average Bonchev–Trinajstić information content (AvgIpc) is 2.84. The Morgan fingerprint density at radius 3 is 3.20 bits per heavy atom. The van der Waals surface area contributed by atoms with Crippen molar-refractivity contribution in [3.63, 3.8) is 0 Å². The monoisotopic (exact) mass is 210 g/mol. The number of ether oxygens (including phenoxy) is 1. The van der Waals surface area contributed by atoms with Crippen molar-refractivity contribution in [1.82, 2.24) is 20.1 Å². The van der Waals surface area contributed by atoms with E-state index in [1.54, 1.807) is 0 Å². The molecule has 2 atom stereocenters. The van der Waals surface area contributed by atoms with Crippen LogP contribution in [0.4, 0.5) is 0 Å². The third kappa shape index (κ3) is 2.03. The summed E-state index contributed by atoms with van der Waals surface area (Å²) in [6.07, 6.45) is 2.91. The lowest BCUT2D eigenvalue weighted by atomic mass is 10.0. The fourth-order valence-electron chi connectivity index (χ4n) is 2.06. The zero-order chi connectivity index (χ0) is 10.7. The van der Waals surface area contributed by atoms with Crippen molar-refractivity contribution in [2.75, 3.05) is 20.3 Å². The van der Waals surface area contributed by atoms with E-state index in [-0.39, 0.29) is 0 Å². The fourth-order valence-corrected chi connectivity index (χ4v) is 2.06. The predicted octanol–water partition coefficient (Wildman–Crippen LogP) is 0.390. The lowest BCUT2D eigenvalue weighted by Crippen LogP contribution is -2.32. The van der Waals surface area contributed by atoms with Crippen LogP contribution in [-0.2, 0) is 11.3 Å². The molecule has 1 aliphatic heterocycles. The number of hydrogen-bond donors (Lipinski definition) is 1. The van der Waals surface area contributed by atoms with Crippen LogP contribution in [0.15, 0.2) is 6.33 Å². The topological polar surface area (TPSA) is 52.0 Å². The first kappa shape index (κ1) is 10.6. The molecule has 2 unspecified atom stereocenters. The van der Waals surface area contributed by atoms with E-state index < -0.39 is 0 Å². The lowest BCUT2D eigenvalue weighted by molar-refractivity contribution is 0.187. The van der Waals surface area contributed by atoms with E-state index in [0.717, 1.165) is 32.0 Å². The molecule has 0 aromatic carbocycles. The standard InChI is InChI=1S/C10H18N4O/c1-3-4-14-7-12-13-10(14)8-5-15-6-9(8)11-2/h7-9,11H,3-6H2,1-2H3. The third-order valence-corrected chi connectivity index (χ3v) is 2.89. The first-order valence-electron chi connectivity index (χ1n) is 5.49. The Bertz CT molecular complexity index is 312. The Balaban J connectivity index is 2.16. The average molecular weight is 210 g/mol. The number of hydrogen-bond acceptors (Lipinski definition) is 4. The first-order chi connectivity index (χ1) is 7.36. The molecule has 0 amide bonds. The minimum atomic E-state index is 0.337. The van der Waals surface area contributed by atoms with Crippen molar-refractivity contribution in [3.8, 4) is 0 Å². The highest BCUT2D eigenvalue weighted by Gasteiger charge is 2.31. The van der Waals surface area contributed by atoms with Crippen LogP contribution in [-0.4, -0.2) is 41.1 Å². The number of rotatable bonds is 4. The maximum atomic E-state index is 5.47. The largest absolute Gasteiger partial charge is 0.379 e. The Morgan fingerprint density at radius 1 is 1.60 bits per heavy atom. The molecule has 2 heterocycles. The van der Waals surface area contributed by atoms with Gasteiger partial charge in [-0.15, -0.1) is 10.2 Å². The summed E-state index contributed by atoms with van der Waals surface area (Å²) < 4.78 is 7.60. The Labute approximate surface area is 89.8 Å². The molecule has 1 aromatic heterocycles. The maximum Gasteiger partial charge on any atom is 0.139 e. The SMILES string of the molecule is CCCn1cnnc1C1COCC1NC. The summed E-state index contributed by atoms with van der Waals surface area (Å²) in [4.78, 5) is 0. The van der Waals surface area contributed by atoms with E-state index in [4.69, 9.17) is 4.74 Å². The zero-order valence-electron chi connectivity index (χ0n) is 9.31. The van der Waals surface area contributed by atoms with E-state index in [0.29, 0.717) is 12.0 Å². The highest BCUT2D eigenvalue weighted by atomic mass is 16.5. The molecule has 0 aliphatic carbocycles. The summed E-state index contributed by atoms with van der Waals surface area (Å²) in [5, 5.41) is 11.5. The Morgan fingerprint density at radius 2 is 2.47 bits per heavy atom. The molecule has 2 rings (SSSR count). The molecule has 5 nitrogen and oxygen atoms in total. The normalized spacial score (nSPS) is 26.0. The smallest absolute Gasteiger partial charge is 0.139 e. The molecule has 5 heteroatoms. The summed E-state index contributed by atoms with van der Waals surface area (Å²) >= 11 is 0. The van der Waals surface area contributed by atoms with Crippen molar-refractivity contribution in [2.45, 2.75) is 31.8 Å². The van der Waals surface area contributed by atoms with Crippen LogP contribution in [0.2, 0.25) is 0 Å². The maximum absolute atomic E-state index is 5.47. The summed E-state index contributed by atoms with van der Waals surface area (Å²) in [7, 11) is 1.97. The summed E-state index contributed by atoms with van der Waals surface area (Å²) in [5.41, 5.74) is 0. The van der Waals surface area contributed by atoms with Crippen LogP contribution in [0.25, 0.3) is 0 Å². The molecule has 1 N–H and O–H groups in total. The second-order valence-corrected chi connectivity index (χ2v) is 3.92. The molecule has 1 fully saturated rings. The van der Waals surface area contributed by atoms with Gasteiger partial charge in [0.05, 0.1) is 19.1 Å². The van der Waals surface area contributed by atoms with E-state index in [2.05, 4.69) is 27.0 Å². The van der Waals surface area contributed by atoms with Crippen LogP contribution in [0.5, 0.6) is 0 Å². The van der Waals surface area contributed by atoms with Crippen molar-refractivity contribution >= 4 is 0 Å². The van der Waals surface area contributed by atoms with Crippen LogP contribution < -0.4 is 5.32 Å². The van der Waals surface area contributed by atoms with Gasteiger partial charge < -0.3 is 14.6 Å². The van der Waals surface area contributed by atoms with Gasteiger partial charge in [-0.25, -0.2) is 0 Å². The minimum Gasteiger partial charge on any atom is -0.379 e. The van der Waals surface area contributed by atoms with E-state index in [1.165, 1.54) is 0 Å². The van der Waals surface area contributed by atoms with Crippen LogP contribution in [0.3, 0.4) is 0 Å². The lowest BCUT2D eigenvalue weighted by Gasteiger charge is -2.16. The number of nitrogens with zero attached hydrogens (tertiary/aromatic N) is 3. The van der Waals surface area contributed by atoms with Gasteiger partial charge in [-0.1, -0.05) is 6.92 Å². The van der Waals surface area contributed by atoms with E-state index >= 15 is 0 Å². The zero-order valence-corrected chi connectivity index (χ0v) is 9.31. The predicted molar refractivity (Wildman–Crippen MR) is 56.7 cm³/mol. The third-order valence-electron chi connectivity index (χ3n) is 2.89. The Kier molecular flexibility index (Phi) is 3.33. The van der Waals surface area contributed by atoms with Crippen molar-refractivity contribution in [3.05, 3.63) is 12.2 Å². The van der Waals surface area contributed by atoms with Gasteiger partial charge in [0.1, 0.15) is 12.2 Å². The van der Waals surface area contributed by atoms with Crippen molar-refractivity contribution in [1.29, 1.82) is 0 Å². The number of nitrogens with one attached hydrogen (secondary N) is 1. The molecular weight excluding hydrogens is 192 g/mol. The van der Waals surface area contributed by atoms with Crippen LogP contribution >= 0.6 is 0 Å². The fraction of sp³-hybridized carbons (Fsp3) is 0.800. The molecule has 84 valence electrons. The molecule has 0 spiro atoms. The molecular formula is C10H18N4O. The van der Waals surface area contributed by atoms with Gasteiger partial charge in [0.25, 0.3) is 0 Å². The van der Waals surface area contributed by atoms with Gasteiger partial charge in [0.2, 0.25) is 0 Å². The first-order valence-corrected chi connectivity index (χ1v) is 5.49. The Hall–Kier alpha value is -0.940. The van der Waals surface area contributed by atoms with Crippen molar-refractivity contribution < 1.29 is 4.74 Å². The summed E-state index contributed by atoms with van der Waals surface area (Å²) in [6, 6.07) is 0.366. The highest BCUT2D eigenvalue weighted by Crippen LogP contribution is 2.23. The van der Waals surface area contributed by atoms with E-state index in [1.807, 2.05) is 13.4 Å². The van der Waals surface area contributed by atoms with Gasteiger partial charge in [-0.3, -0.25) is 0 Å². The molecule has 1 saturated heterocycles. The van der Waals surface area contributed by atoms with Crippen LogP contribution in [0.1, 0.15) is 25.1 Å². The van der Waals surface area contributed by atoms with E-state index in [9.17, 15) is 0 Å². The molecule has 15 heavy (non-hydrogen) atoms. The molecule has 0 bridgehead atoms. The quantitative estimate of drug-likeness (QED) is 0.781. The molecule has 0 radical (unpaired) electrons. The van der Waals surface area contributed by atoms with Gasteiger partial charge in [-0.2, -0.15) is 0 Å². The van der Waals surface area contributed by atoms with Crippen molar-refractivity contribution in [2.24, 2.45) is 0 Å². The van der Waals surface area contributed by atoms with Crippen LogP contribution in [0, 0.1) is 0 Å². The number of aryl methyl sites for hydroxylation is 1. The van der Waals surface area contributed by atoms with Gasteiger partial charge in [-0.05, 0) is 13.5 Å². The highest BCUT2D eigenvalue weighted by molar-refractivity contribution is 5.04. The second-order valence-electron chi connectivity index (χ2n) is 3.92. The second kappa shape index (κ2) is 4.72. The number of aromatic nitrogens is 3. The molecule has 1 aliphatic rings. The summed E-state index contributed by atoms with van der Waals surface area (Å²) in [5.74, 6) is 1.39. The summed E-state index contributed by atoms with van der Waals surface area (Å²) in [6.45, 7) is 4.65. The number of likely N-dealkylation sites (N-methyl/N-ethyl adjacent to an activating group) is 1. The van der Waals surface area contributed by atoms with Gasteiger partial charge in [0.15, 0.2) is 0 Å².